The van der Waals surface area contributed by atoms with Gasteiger partial charge in [0.15, 0.2) is 0 Å². The zero-order valence-electron chi connectivity index (χ0n) is 16.6. The highest BCUT2D eigenvalue weighted by Gasteiger charge is 2.33. The quantitative estimate of drug-likeness (QED) is 0.746. The Hall–Kier alpha value is -1.88. The van der Waals surface area contributed by atoms with Crippen LogP contribution in [0.1, 0.15) is 61.4 Å². The van der Waals surface area contributed by atoms with Gasteiger partial charge in [0, 0.05) is 19.2 Å². The second-order valence-electron chi connectivity index (χ2n) is 7.62. The maximum atomic E-state index is 12.8. The second kappa shape index (κ2) is 10.6. The maximum absolute atomic E-state index is 12.8. The van der Waals surface area contributed by atoms with Crippen LogP contribution in [0.25, 0.3) is 0 Å². The number of nitrogens with one attached hydrogen (secondary N) is 1. The van der Waals surface area contributed by atoms with E-state index < -0.39 is 0 Å². The van der Waals surface area contributed by atoms with Gasteiger partial charge in [-0.1, -0.05) is 68.4 Å². The Balaban J connectivity index is 0.00000280. The molecular weight excluding hydrogens is 372 g/mol. The summed E-state index contributed by atoms with van der Waals surface area (Å²) in [5.41, 5.74) is 9.69. The van der Waals surface area contributed by atoms with Gasteiger partial charge in [-0.3, -0.25) is 4.79 Å². The van der Waals surface area contributed by atoms with Crippen molar-refractivity contribution in [2.24, 2.45) is 11.7 Å². The fourth-order valence-corrected chi connectivity index (χ4v) is 3.61. The van der Waals surface area contributed by atoms with Crippen LogP contribution in [0.4, 0.5) is 0 Å². The molecule has 4 nitrogen and oxygen atoms in total. The van der Waals surface area contributed by atoms with Crippen LogP contribution < -0.4 is 11.1 Å². The number of hydrogen-bond donors (Lipinski definition) is 2. The lowest BCUT2D eigenvalue weighted by molar-refractivity contribution is -0.134. The molecule has 5 heteroatoms. The molecule has 3 N–H and O–H groups in total. The molecule has 0 radical (unpaired) electrons. The van der Waals surface area contributed by atoms with Crippen LogP contribution in [-0.2, 0) is 9.53 Å². The summed E-state index contributed by atoms with van der Waals surface area (Å²) in [6.07, 6.45) is 1.56. The van der Waals surface area contributed by atoms with Crippen LogP contribution >= 0.6 is 12.4 Å². The largest absolute Gasteiger partial charge is 0.373 e. The van der Waals surface area contributed by atoms with Gasteiger partial charge in [0.2, 0.25) is 5.91 Å². The summed E-state index contributed by atoms with van der Waals surface area (Å²) >= 11 is 0. The van der Waals surface area contributed by atoms with Crippen LogP contribution in [-0.4, -0.2) is 19.1 Å². The average Bonchev–Trinajstić information content (AvgIpc) is 2.72. The first-order valence-electron chi connectivity index (χ1n) is 9.86. The van der Waals surface area contributed by atoms with E-state index in [1.807, 2.05) is 30.3 Å². The van der Waals surface area contributed by atoms with Crippen molar-refractivity contribution in [1.82, 2.24) is 5.32 Å². The minimum Gasteiger partial charge on any atom is -0.373 e. The van der Waals surface area contributed by atoms with Crippen molar-refractivity contribution in [3.63, 3.8) is 0 Å². The summed E-state index contributed by atoms with van der Waals surface area (Å²) in [7, 11) is 0. The third-order valence-corrected chi connectivity index (χ3v) is 5.31. The van der Waals surface area contributed by atoms with Crippen molar-refractivity contribution >= 4 is 18.3 Å². The maximum Gasteiger partial charge on any atom is 0.226 e. The van der Waals surface area contributed by atoms with Gasteiger partial charge in [-0.2, -0.15) is 0 Å². The first-order valence-corrected chi connectivity index (χ1v) is 9.86. The van der Waals surface area contributed by atoms with Gasteiger partial charge < -0.3 is 15.8 Å². The van der Waals surface area contributed by atoms with E-state index in [4.69, 9.17) is 10.5 Å². The Labute approximate surface area is 174 Å². The highest BCUT2D eigenvalue weighted by molar-refractivity contribution is 5.85. The van der Waals surface area contributed by atoms with E-state index >= 15 is 0 Å². The lowest BCUT2D eigenvalue weighted by Crippen LogP contribution is -2.40. The van der Waals surface area contributed by atoms with Gasteiger partial charge in [-0.05, 0) is 35.4 Å². The molecule has 1 aliphatic rings. The molecule has 0 spiro atoms. The van der Waals surface area contributed by atoms with E-state index in [2.05, 4.69) is 43.4 Å². The predicted octanol–water partition coefficient (Wildman–Crippen LogP) is 4.52. The summed E-state index contributed by atoms with van der Waals surface area (Å²) in [5, 5.41) is 3.04. The molecule has 2 aromatic rings. The van der Waals surface area contributed by atoms with E-state index in [0.717, 1.165) is 24.0 Å². The van der Waals surface area contributed by atoms with Crippen molar-refractivity contribution in [2.45, 2.75) is 44.8 Å². The van der Waals surface area contributed by atoms with Crippen molar-refractivity contribution in [3.8, 4) is 0 Å². The van der Waals surface area contributed by atoms with Crippen LogP contribution in [0.15, 0.2) is 54.6 Å². The topological polar surface area (TPSA) is 64.3 Å². The van der Waals surface area contributed by atoms with Crippen LogP contribution in [0.2, 0.25) is 0 Å². The van der Waals surface area contributed by atoms with E-state index in [-0.39, 0.29) is 36.4 Å². The van der Waals surface area contributed by atoms with Gasteiger partial charge in [0.05, 0.1) is 12.0 Å². The molecule has 1 saturated heterocycles. The number of ether oxygens (including phenoxy) is 1. The number of benzene rings is 2. The molecule has 0 bridgehead atoms. The molecule has 3 atom stereocenters. The Kier molecular flexibility index (Phi) is 8.49. The lowest BCUT2D eigenvalue weighted by atomic mass is 9.88. The molecule has 1 fully saturated rings. The zero-order valence-corrected chi connectivity index (χ0v) is 17.5. The van der Waals surface area contributed by atoms with Crippen LogP contribution in [0, 0.1) is 5.92 Å². The van der Waals surface area contributed by atoms with E-state index in [9.17, 15) is 4.79 Å². The number of nitrogens with two attached hydrogens (primary N) is 1. The normalized spacial score (nSPS) is 20.3. The Morgan fingerprint density at radius 3 is 2.39 bits per heavy atom. The van der Waals surface area contributed by atoms with Crippen LogP contribution in [0.3, 0.4) is 0 Å². The third-order valence-electron chi connectivity index (χ3n) is 5.31. The molecule has 0 aromatic heterocycles. The SMILES string of the molecule is CC(C)c1ccc(C(N)CNC(=O)C2CCCOC2c2ccccc2)cc1.Cl. The lowest BCUT2D eigenvalue weighted by Gasteiger charge is -2.31. The summed E-state index contributed by atoms with van der Waals surface area (Å²) in [5.74, 6) is 0.352. The van der Waals surface area contributed by atoms with Crippen molar-refractivity contribution in [2.75, 3.05) is 13.2 Å². The highest BCUT2D eigenvalue weighted by Crippen LogP contribution is 2.33. The third kappa shape index (κ3) is 5.57. The fraction of sp³-hybridized carbons (Fsp3) is 0.435. The van der Waals surface area contributed by atoms with Gasteiger partial charge in [0.25, 0.3) is 0 Å². The minimum atomic E-state index is -0.213. The van der Waals surface area contributed by atoms with Crippen molar-refractivity contribution < 1.29 is 9.53 Å². The van der Waals surface area contributed by atoms with E-state index in [1.165, 1.54) is 5.56 Å². The number of amides is 1. The smallest absolute Gasteiger partial charge is 0.226 e. The Bertz CT molecular complexity index is 734. The molecule has 3 rings (SSSR count). The minimum absolute atomic E-state index is 0. The van der Waals surface area contributed by atoms with Gasteiger partial charge in [-0.25, -0.2) is 0 Å². The molecule has 28 heavy (non-hydrogen) atoms. The highest BCUT2D eigenvalue weighted by atomic mass is 35.5. The Morgan fingerprint density at radius 2 is 1.75 bits per heavy atom. The molecule has 1 aliphatic heterocycles. The van der Waals surface area contributed by atoms with Crippen LogP contribution in [0.5, 0.6) is 0 Å². The van der Waals surface area contributed by atoms with Gasteiger partial charge >= 0.3 is 0 Å². The first-order chi connectivity index (χ1) is 13.1. The summed E-state index contributed by atoms with van der Waals surface area (Å²) in [6, 6.07) is 18.1. The monoisotopic (exact) mass is 402 g/mol. The van der Waals surface area contributed by atoms with Crippen molar-refractivity contribution in [3.05, 3.63) is 71.3 Å². The number of rotatable bonds is 6. The first kappa shape index (κ1) is 22.4. The second-order valence-corrected chi connectivity index (χ2v) is 7.62. The van der Waals surface area contributed by atoms with Gasteiger partial charge in [-0.15, -0.1) is 12.4 Å². The Morgan fingerprint density at radius 1 is 1.11 bits per heavy atom. The van der Waals surface area contributed by atoms with Gasteiger partial charge in [0.1, 0.15) is 0 Å². The zero-order chi connectivity index (χ0) is 19.2. The molecule has 3 unspecified atom stereocenters. The standard InChI is InChI=1S/C23H30N2O2.ClH/c1-16(2)17-10-12-18(13-11-17)21(24)15-25-23(26)20-9-6-14-27-22(20)19-7-4-3-5-8-19;/h3-5,7-8,10-13,16,20-22H,6,9,14-15,24H2,1-2H3,(H,25,26);1H. The molecule has 1 heterocycles. The molecule has 2 aromatic carbocycles. The van der Waals surface area contributed by atoms with E-state index in [0.29, 0.717) is 19.1 Å². The molecule has 0 aliphatic carbocycles. The number of halogens is 1. The molecular formula is C23H31ClN2O2. The van der Waals surface area contributed by atoms with Crippen molar-refractivity contribution in [1.29, 1.82) is 0 Å². The molecule has 0 saturated carbocycles. The summed E-state index contributed by atoms with van der Waals surface area (Å²) in [6.45, 7) is 5.47. The predicted molar refractivity (Wildman–Crippen MR) is 116 cm³/mol. The molecule has 1 amide bonds. The number of carbonyl (C=O) groups is 1. The van der Waals surface area contributed by atoms with E-state index in [1.54, 1.807) is 0 Å². The molecule has 152 valence electrons. The number of carbonyl (C=O) groups excluding carboxylic acids is 1. The summed E-state index contributed by atoms with van der Waals surface area (Å²) in [4.78, 5) is 12.8. The average molecular weight is 403 g/mol. The number of hydrogen-bond acceptors (Lipinski definition) is 3. The fourth-order valence-electron chi connectivity index (χ4n) is 3.61. The summed E-state index contributed by atoms with van der Waals surface area (Å²) < 4.78 is 5.93.